The molecule has 0 unspecified atom stereocenters. The van der Waals surface area contributed by atoms with Crippen LogP contribution in [0.25, 0.3) is 0 Å². The van der Waals surface area contributed by atoms with Gasteiger partial charge in [0.2, 0.25) is 0 Å². The lowest BCUT2D eigenvalue weighted by Crippen LogP contribution is -2.51. The van der Waals surface area contributed by atoms with Gasteiger partial charge in [0.1, 0.15) is 5.82 Å². The molecular weight excluding hydrogens is 197 g/mol. The second-order valence-corrected chi connectivity index (χ2v) is 3.77. The van der Waals surface area contributed by atoms with E-state index in [-0.39, 0.29) is 18.4 Å². The number of hydrogen-bond donors (Lipinski definition) is 1. The Hall–Kier alpha value is -1.42. The minimum Gasteiger partial charge on any atom is -0.396 e. The number of carbonyl (C=O) groups is 1. The molecule has 15 heavy (non-hydrogen) atoms. The van der Waals surface area contributed by atoms with E-state index in [0.29, 0.717) is 18.7 Å². The van der Waals surface area contributed by atoms with Crippen molar-refractivity contribution in [3.8, 4) is 0 Å². The van der Waals surface area contributed by atoms with E-state index in [1.807, 2.05) is 0 Å². The molecule has 0 saturated carbocycles. The molecular formula is C11H12FNO2. The van der Waals surface area contributed by atoms with Crippen molar-refractivity contribution < 1.29 is 14.3 Å². The Kier molecular flexibility index (Phi) is 2.68. The van der Waals surface area contributed by atoms with E-state index in [1.165, 1.54) is 18.2 Å². The molecule has 2 rings (SSSR count). The van der Waals surface area contributed by atoms with Crippen molar-refractivity contribution in [1.82, 2.24) is 4.90 Å². The van der Waals surface area contributed by atoms with E-state index in [9.17, 15) is 9.18 Å². The molecule has 1 aliphatic heterocycles. The molecule has 1 aromatic rings. The number of aliphatic hydroxyl groups excluding tert-OH is 1. The van der Waals surface area contributed by atoms with Gasteiger partial charge in [-0.25, -0.2) is 4.39 Å². The lowest BCUT2D eigenvalue weighted by Gasteiger charge is -2.38. The molecule has 0 bridgehead atoms. The van der Waals surface area contributed by atoms with Gasteiger partial charge in [-0.05, 0) is 18.2 Å². The van der Waals surface area contributed by atoms with Crippen molar-refractivity contribution in [2.24, 2.45) is 5.92 Å². The molecule has 1 amide bonds. The molecule has 4 heteroatoms. The number of nitrogens with zero attached hydrogens (tertiary/aromatic N) is 1. The van der Waals surface area contributed by atoms with Gasteiger partial charge in [-0.1, -0.05) is 6.07 Å². The maximum absolute atomic E-state index is 12.8. The van der Waals surface area contributed by atoms with Gasteiger partial charge in [-0.3, -0.25) is 4.79 Å². The second kappa shape index (κ2) is 3.98. The van der Waals surface area contributed by atoms with Crippen molar-refractivity contribution >= 4 is 5.91 Å². The highest BCUT2D eigenvalue weighted by atomic mass is 19.1. The summed E-state index contributed by atoms with van der Waals surface area (Å²) in [6.07, 6.45) is 0. The quantitative estimate of drug-likeness (QED) is 0.785. The third-order valence-electron chi connectivity index (χ3n) is 2.57. The van der Waals surface area contributed by atoms with Crippen LogP contribution in [-0.4, -0.2) is 35.6 Å². The van der Waals surface area contributed by atoms with Gasteiger partial charge >= 0.3 is 0 Å². The van der Waals surface area contributed by atoms with Crippen LogP contribution in [0.4, 0.5) is 4.39 Å². The Morgan fingerprint density at radius 1 is 1.53 bits per heavy atom. The zero-order valence-electron chi connectivity index (χ0n) is 8.19. The molecule has 1 N–H and O–H groups in total. The molecule has 0 aromatic heterocycles. The largest absolute Gasteiger partial charge is 0.396 e. The molecule has 1 aliphatic rings. The van der Waals surface area contributed by atoms with Crippen molar-refractivity contribution in [3.63, 3.8) is 0 Å². The smallest absolute Gasteiger partial charge is 0.253 e. The first-order valence-electron chi connectivity index (χ1n) is 4.86. The predicted octanol–water partition coefficient (Wildman–Crippen LogP) is 0.890. The number of aliphatic hydroxyl groups is 1. The minimum absolute atomic E-state index is 0.104. The third kappa shape index (κ3) is 1.99. The topological polar surface area (TPSA) is 40.5 Å². The summed E-state index contributed by atoms with van der Waals surface area (Å²) in [6.45, 7) is 1.23. The zero-order chi connectivity index (χ0) is 10.8. The number of hydrogen-bond acceptors (Lipinski definition) is 2. The Bertz CT molecular complexity index is 375. The standard InChI is InChI=1S/C11H12FNO2/c12-10-3-1-2-9(4-10)11(15)13-5-8(6-13)7-14/h1-4,8,14H,5-7H2. The Morgan fingerprint density at radius 3 is 2.87 bits per heavy atom. The molecule has 1 saturated heterocycles. The fourth-order valence-corrected chi connectivity index (χ4v) is 1.66. The monoisotopic (exact) mass is 209 g/mol. The third-order valence-corrected chi connectivity index (χ3v) is 2.57. The van der Waals surface area contributed by atoms with Crippen LogP contribution in [0.15, 0.2) is 24.3 Å². The zero-order valence-corrected chi connectivity index (χ0v) is 8.19. The van der Waals surface area contributed by atoms with Gasteiger partial charge < -0.3 is 10.0 Å². The predicted molar refractivity (Wildman–Crippen MR) is 52.9 cm³/mol. The molecule has 0 atom stereocenters. The molecule has 0 radical (unpaired) electrons. The van der Waals surface area contributed by atoms with E-state index in [1.54, 1.807) is 11.0 Å². The molecule has 1 aromatic carbocycles. The lowest BCUT2D eigenvalue weighted by molar-refractivity contribution is 0.0361. The van der Waals surface area contributed by atoms with Gasteiger partial charge in [0.25, 0.3) is 5.91 Å². The van der Waals surface area contributed by atoms with E-state index in [0.717, 1.165) is 0 Å². The van der Waals surface area contributed by atoms with Crippen LogP contribution in [0, 0.1) is 11.7 Å². The first-order valence-corrected chi connectivity index (χ1v) is 4.86. The van der Waals surface area contributed by atoms with E-state index in [2.05, 4.69) is 0 Å². The first kappa shape index (κ1) is 10.1. The summed E-state index contributed by atoms with van der Waals surface area (Å²) < 4.78 is 12.8. The number of halogens is 1. The average Bonchev–Trinajstić information content (AvgIpc) is 2.16. The fourth-order valence-electron chi connectivity index (χ4n) is 1.66. The van der Waals surface area contributed by atoms with Crippen LogP contribution in [0.3, 0.4) is 0 Å². The van der Waals surface area contributed by atoms with Crippen molar-refractivity contribution in [2.45, 2.75) is 0 Å². The number of benzene rings is 1. The van der Waals surface area contributed by atoms with Gasteiger partial charge in [-0.2, -0.15) is 0 Å². The van der Waals surface area contributed by atoms with Crippen molar-refractivity contribution in [2.75, 3.05) is 19.7 Å². The van der Waals surface area contributed by atoms with Gasteiger partial charge in [0.15, 0.2) is 0 Å². The van der Waals surface area contributed by atoms with Crippen LogP contribution >= 0.6 is 0 Å². The summed E-state index contributed by atoms with van der Waals surface area (Å²) in [5.74, 6) is -0.387. The summed E-state index contributed by atoms with van der Waals surface area (Å²) >= 11 is 0. The Morgan fingerprint density at radius 2 is 2.27 bits per heavy atom. The number of rotatable bonds is 2. The highest BCUT2D eigenvalue weighted by Crippen LogP contribution is 2.18. The fraction of sp³-hybridized carbons (Fsp3) is 0.364. The maximum atomic E-state index is 12.8. The normalized spacial score (nSPS) is 16.3. The summed E-state index contributed by atoms with van der Waals surface area (Å²) in [7, 11) is 0. The van der Waals surface area contributed by atoms with E-state index in [4.69, 9.17) is 5.11 Å². The summed E-state index contributed by atoms with van der Waals surface area (Å²) in [4.78, 5) is 13.3. The van der Waals surface area contributed by atoms with Crippen LogP contribution < -0.4 is 0 Å². The molecule has 1 fully saturated rings. The minimum atomic E-state index is -0.403. The van der Waals surface area contributed by atoms with Gasteiger partial charge in [0, 0.05) is 31.2 Å². The van der Waals surface area contributed by atoms with Crippen molar-refractivity contribution in [3.05, 3.63) is 35.6 Å². The first-order chi connectivity index (χ1) is 7.20. The molecule has 1 heterocycles. The number of amides is 1. The van der Waals surface area contributed by atoms with E-state index < -0.39 is 5.82 Å². The molecule has 0 spiro atoms. The average molecular weight is 209 g/mol. The Balaban J connectivity index is 2.03. The highest BCUT2D eigenvalue weighted by molar-refractivity contribution is 5.94. The summed E-state index contributed by atoms with van der Waals surface area (Å²) in [6, 6.07) is 5.65. The van der Waals surface area contributed by atoms with Crippen LogP contribution in [0.1, 0.15) is 10.4 Å². The molecule has 3 nitrogen and oxygen atoms in total. The maximum Gasteiger partial charge on any atom is 0.253 e. The Labute approximate surface area is 87.1 Å². The summed E-state index contributed by atoms with van der Waals surface area (Å²) in [5.41, 5.74) is 0.367. The van der Waals surface area contributed by atoms with Crippen molar-refractivity contribution in [1.29, 1.82) is 0 Å². The van der Waals surface area contributed by atoms with Crippen LogP contribution in [0.2, 0.25) is 0 Å². The summed E-state index contributed by atoms with van der Waals surface area (Å²) in [5, 5.41) is 8.80. The number of carbonyl (C=O) groups excluding carboxylic acids is 1. The number of likely N-dealkylation sites (tertiary alicyclic amines) is 1. The van der Waals surface area contributed by atoms with Gasteiger partial charge in [-0.15, -0.1) is 0 Å². The molecule has 0 aliphatic carbocycles. The lowest BCUT2D eigenvalue weighted by atomic mass is 10.00. The second-order valence-electron chi connectivity index (χ2n) is 3.77. The highest BCUT2D eigenvalue weighted by Gasteiger charge is 2.30. The van der Waals surface area contributed by atoms with Crippen LogP contribution in [-0.2, 0) is 0 Å². The SMILES string of the molecule is O=C(c1cccc(F)c1)N1CC(CO)C1. The van der Waals surface area contributed by atoms with Gasteiger partial charge in [0.05, 0.1) is 0 Å². The van der Waals surface area contributed by atoms with E-state index >= 15 is 0 Å². The van der Waals surface area contributed by atoms with Crippen LogP contribution in [0.5, 0.6) is 0 Å². The molecule has 80 valence electrons.